The van der Waals surface area contributed by atoms with Gasteiger partial charge in [-0.3, -0.25) is 0 Å². The molecule has 0 aromatic heterocycles. The summed E-state index contributed by atoms with van der Waals surface area (Å²) in [6.07, 6.45) is 4.73. The van der Waals surface area contributed by atoms with Gasteiger partial charge < -0.3 is 23.7 Å². The molecule has 0 unspecified atom stereocenters. The molecule has 0 aliphatic carbocycles. The maximum Gasteiger partial charge on any atom is 0.410 e. The number of piperidine rings is 2. The molecular formula is C33H49FN2O4Si. The minimum absolute atomic E-state index is 0.0979. The lowest BCUT2D eigenvalue weighted by Gasteiger charge is -2.36. The van der Waals surface area contributed by atoms with Crippen molar-refractivity contribution in [3.63, 3.8) is 0 Å². The minimum atomic E-state index is -1.94. The number of likely N-dealkylation sites (tertiary alicyclic amines) is 1. The number of anilines is 1. The molecule has 2 aliphatic heterocycles. The number of benzene rings is 2. The second kappa shape index (κ2) is 14.2. The normalized spacial score (nSPS) is 17.6. The summed E-state index contributed by atoms with van der Waals surface area (Å²) in [5, 5.41) is 0.0979. The van der Waals surface area contributed by atoms with Gasteiger partial charge in [-0.15, -0.1) is 0 Å². The summed E-state index contributed by atoms with van der Waals surface area (Å²) in [7, 11) is -1.94. The molecule has 41 heavy (non-hydrogen) atoms. The van der Waals surface area contributed by atoms with E-state index in [-0.39, 0.29) is 23.1 Å². The third-order valence-corrected chi connectivity index (χ3v) is 13.7. The zero-order chi connectivity index (χ0) is 29.5. The average Bonchev–Trinajstić information content (AvgIpc) is 2.96. The van der Waals surface area contributed by atoms with Crippen LogP contribution in [0.15, 0.2) is 48.5 Å². The predicted molar refractivity (Wildman–Crippen MR) is 165 cm³/mol. The highest BCUT2D eigenvalue weighted by atomic mass is 28.4. The number of rotatable bonds is 10. The first-order valence-electron chi connectivity index (χ1n) is 15.3. The highest BCUT2D eigenvalue weighted by Crippen LogP contribution is 2.37. The van der Waals surface area contributed by atoms with Crippen molar-refractivity contribution in [1.82, 2.24) is 4.90 Å². The first-order valence-corrected chi connectivity index (χ1v) is 18.2. The molecular weight excluding hydrogens is 535 g/mol. The van der Waals surface area contributed by atoms with Crippen LogP contribution in [0.3, 0.4) is 0 Å². The third-order valence-electron chi connectivity index (χ3n) is 9.19. The van der Waals surface area contributed by atoms with Crippen LogP contribution in [-0.4, -0.2) is 58.2 Å². The quantitative estimate of drug-likeness (QED) is 0.267. The number of amides is 1. The summed E-state index contributed by atoms with van der Waals surface area (Å²) >= 11 is 0. The number of hydrogen-bond donors (Lipinski definition) is 0. The number of nitrogens with zero attached hydrogens (tertiary/aromatic N) is 2. The van der Waals surface area contributed by atoms with Gasteiger partial charge in [0.1, 0.15) is 6.61 Å². The van der Waals surface area contributed by atoms with E-state index in [0.29, 0.717) is 43.5 Å². The molecule has 2 aromatic rings. The van der Waals surface area contributed by atoms with Gasteiger partial charge in [0.05, 0.1) is 18.4 Å². The molecule has 2 heterocycles. The second-order valence-electron chi connectivity index (χ2n) is 13.1. The van der Waals surface area contributed by atoms with Gasteiger partial charge in [-0.1, -0.05) is 63.2 Å². The molecule has 0 spiro atoms. The van der Waals surface area contributed by atoms with Gasteiger partial charge in [-0.2, -0.15) is 0 Å². The van der Waals surface area contributed by atoms with Crippen LogP contribution in [0.4, 0.5) is 14.9 Å². The van der Waals surface area contributed by atoms with E-state index in [0.717, 1.165) is 57.4 Å². The fraction of sp³-hybridized carbons (Fsp3) is 0.606. The third kappa shape index (κ3) is 8.79. The standard InChI is InChI=1S/C33H49FN2O4Si/c1-33(2,3)41(4,5)40-25-28-12-9-13-30(31(28)34)35-19-14-26(15-20-35)18-23-38-29-16-21-36(22-17-29)32(37)39-24-27-10-7-6-8-11-27/h6-13,26,29H,14-25H2,1-5H3. The summed E-state index contributed by atoms with van der Waals surface area (Å²) < 4.78 is 33.4. The van der Waals surface area contributed by atoms with Gasteiger partial charge in [0.2, 0.25) is 0 Å². The maximum atomic E-state index is 15.5. The molecule has 2 aromatic carbocycles. The van der Waals surface area contributed by atoms with Crippen LogP contribution in [0.25, 0.3) is 0 Å². The largest absolute Gasteiger partial charge is 0.445 e. The maximum absolute atomic E-state index is 15.5. The van der Waals surface area contributed by atoms with Crippen LogP contribution in [-0.2, 0) is 27.1 Å². The van der Waals surface area contributed by atoms with Crippen molar-refractivity contribution in [2.24, 2.45) is 5.92 Å². The molecule has 2 aliphatic rings. The number of hydrogen-bond acceptors (Lipinski definition) is 5. The van der Waals surface area contributed by atoms with E-state index in [4.69, 9.17) is 13.9 Å². The molecule has 226 valence electrons. The number of carbonyl (C=O) groups excluding carboxylic acids is 1. The van der Waals surface area contributed by atoms with Crippen LogP contribution in [0, 0.1) is 11.7 Å². The molecule has 4 rings (SSSR count). The summed E-state index contributed by atoms with van der Waals surface area (Å²) in [6, 6.07) is 15.5. The average molecular weight is 585 g/mol. The molecule has 1 amide bonds. The van der Waals surface area contributed by atoms with Crippen molar-refractivity contribution < 1.29 is 23.1 Å². The van der Waals surface area contributed by atoms with Crippen molar-refractivity contribution in [3.05, 3.63) is 65.5 Å². The zero-order valence-electron chi connectivity index (χ0n) is 25.7. The summed E-state index contributed by atoms with van der Waals surface area (Å²) in [5.41, 5.74) is 2.35. The first-order chi connectivity index (χ1) is 19.5. The topological polar surface area (TPSA) is 51.2 Å². The van der Waals surface area contributed by atoms with Crippen LogP contribution < -0.4 is 4.90 Å². The Bertz CT molecular complexity index is 1110. The monoisotopic (exact) mass is 584 g/mol. The van der Waals surface area contributed by atoms with Gasteiger partial charge in [0.15, 0.2) is 14.1 Å². The molecule has 2 fully saturated rings. The molecule has 6 nitrogen and oxygen atoms in total. The second-order valence-corrected chi connectivity index (χ2v) is 17.9. The van der Waals surface area contributed by atoms with Crippen LogP contribution in [0.2, 0.25) is 18.1 Å². The lowest BCUT2D eigenvalue weighted by molar-refractivity contribution is -0.000817. The van der Waals surface area contributed by atoms with E-state index >= 15 is 4.39 Å². The fourth-order valence-corrected chi connectivity index (χ4v) is 6.23. The predicted octanol–water partition coefficient (Wildman–Crippen LogP) is 7.77. The fourth-order valence-electron chi connectivity index (χ4n) is 5.28. The highest BCUT2D eigenvalue weighted by Gasteiger charge is 2.37. The van der Waals surface area contributed by atoms with Crippen molar-refractivity contribution in [3.8, 4) is 0 Å². The van der Waals surface area contributed by atoms with Crippen molar-refractivity contribution >= 4 is 20.1 Å². The Balaban J connectivity index is 1.14. The smallest absolute Gasteiger partial charge is 0.410 e. The van der Waals surface area contributed by atoms with Crippen molar-refractivity contribution in [2.75, 3.05) is 37.7 Å². The Morgan fingerprint density at radius 3 is 2.27 bits per heavy atom. The molecule has 0 atom stereocenters. The highest BCUT2D eigenvalue weighted by molar-refractivity contribution is 6.74. The Morgan fingerprint density at radius 2 is 1.61 bits per heavy atom. The van der Waals surface area contributed by atoms with Gasteiger partial charge >= 0.3 is 6.09 Å². The molecule has 0 bridgehead atoms. The summed E-state index contributed by atoms with van der Waals surface area (Å²) in [6.45, 7) is 15.5. The van der Waals surface area contributed by atoms with Crippen LogP contribution in [0.1, 0.15) is 64.0 Å². The Hall–Kier alpha value is -2.42. The SMILES string of the molecule is CC(C)(C)[Si](C)(C)OCc1cccc(N2CCC(CCOC3CCN(C(=O)OCc4ccccc4)CC3)CC2)c1F. The van der Waals surface area contributed by atoms with Crippen molar-refractivity contribution in [2.45, 2.75) is 90.3 Å². The molecule has 8 heteroatoms. The van der Waals surface area contributed by atoms with Crippen molar-refractivity contribution in [1.29, 1.82) is 0 Å². The number of carbonyl (C=O) groups is 1. The summed E-state index contributed by atoms with van der Waals surface area (Å²) in [5.74, 6) is 0.454. The van der Waals surface area contributed by atoms with E-state index in [1.807, 2.05) is 48.5 Å². The minimum Gasteiger partial charge on any atom is -0.445 e. The van der Waals surface area contributed by atoms with Crippen LogP contribution in [0.5, 0.6) is 0 Å². The van der Waals surface area contributed by atoms with E-state index in [2.05, 4.69) is 38.8 Å². The Morgan fingerprint density at radius 1 is 0.927 bits per heavy atom. The molecule has 0 radical (unpaired) electrons. The van der Waals surface area contributed by atoms with Gasteiger partial charge in [-0.25, -0.2) is 9.18 Å². The molecule has 0 N–H and O–H groups in total. The summed E-state index contributed by atoms with van der Waals surface area (Å²) in [4.78, 5) is 16.4. The Labute approximate surface area is 247 Å². The first kappa shape index (κ1) is 31.5. The van der Waals surface area contributed by atoms with E-state index in [1.54, 1.807) is 4.90 Å². The van der Waals surface area contributed by atoms with Gasteiger partial charge in [0, 0.05) is 38.3 Å². The molecule has 0 saturated carbocycles. The van der Waals surface area contributed by atoms with Gasteiger partial charge in [0.25, 0.3) is 0 Å². The van der Waals surface area contributed by atoms with E-state index < -0.39 is 8.32 Å². The lowest BCUT2D eigenvalue weighted by Crippen LogP contribution is -2.41. The number of halogens is 1. The Kier molecular flexibility index (Phi) is 10.9. The van der Waals surface area contributed by atoms with Crippen LogP contribution >= 0.6 is 0 Å². The molecule has 2 saturated heterocycles. The zero-order valence-corrected chi connectivity index (χ0v) is 26.7. The van der Waals surface area contributed by atoms with E-state index in [9.17, 15) is 4.79 Å². The van der Waals surface area contributed by atoms with E-state index in [1.165, 1.54) is 0 Å². The lowest BCUT2D eigenvalue weighted by atomic mass is 9.93. The van der Waals surface area contributed by atoms with Gasteiger partial charge in [-0.05, 0) is 67.8 Å². The number of ether oxygens (including phenoxy) is 2.